The van der Waals surface area contributed by atoms with Gasteiger partial charge in [-0.3, -0.25) is 4.90 Å². The molecule has 4 heteroatoms. The maximum atomic E-state index is 13.3. The Labute approximate surface area is 154 Å². The molecule has 2 saturated heterocycles. The smallest absolute Gasteiger partial charge is 0.123 e. The largest absolute Gasteiger partial charge is 0.496 e. The molecule has 2 bridgehead atoms. The molecule has 1 N–H and O–H groups in total. The van der Waals surface area contributed by atoms with Crippen LogP contribution in [0.25, 0.3) is 0 Å². The zero-order chi connectivity index (χ0) is 18.3. The molecule has 0 spiro atoms. The van der Waals surface area contributed by atoms with E-state index in [9.17, 15) is 9.50 Å². The number of nitrogens with zero attached hydrogens (tertiary/aromatic N) is 1. The predicted octanol–water partition coefficient (Wildman–Crippen LogP) is 4.16. The lowest BCUT2D eigenvalue weighted by molar-refractivity contribution is -0.0596. The van der Waals surface area contributed by atoms with Gasteiger partial charge in [-0.05, 0) is 56.4 Å². The Hall–Kier alpha value is -1.91. The number of methoxy groups -OCH3 is 1. The summed E-state index contributed by atoms with van der Waals surface area (Å²) < 4.78 is 18.8. The van der Waals surface area contributed by atoms with Crippen molar-refractivity contribution in [2.75, 3.05) is 7.11 Å². The average molecular weight is 355 g/mol. The maximum absolute atomic E-state index is 13.3. The topological polar surface area (TPSA) is 32.7 Å². The fraction of sp³-hybridized carbons (Fsp3) is 0.455. The number of fused-ring (bicyclic) bond motifs is 2. The Morgan fingerprint density at radius 2 is 1.77 bits per heavy atom. The third-order valence-corrected chi connectivity index (χ3v) is 6.09. The normalized spacial score (nSPS) is 28.3. The third-order valence-electron chi connectivity index (χ3n) is 6.09. The molecule has 0 amide bonds. The van der Waals surface area contributed by atoms with Crippen LogP contribution in [0, 0.1) is 12.7 Å². The Morgan fingerprint density at radius 1 is 1.12 bits per heavy atom. The number of piperidine rings is 1. The van der Waals surface area contributed by atoms with Gasteiger partial charge in [0.25, 0.3) is 0 Å². The van der Waals surface area contributed by atoms with Crippen LogP contribution in [0.3, 0.4) is 0 Å². The number of hydrogen-bond donors (Lipinski definition) is 1. The van der Waals surface area contributed by atoms with E-state index in [1.807, 2.05) is 6.07 Å². The Morgan fingerprint density at radius 3 is 2.38 bits per heavy atom. The molecular weight excluding hydrogens is 329 g/mol. The van der Waals surface area contributed by atoms with Crippen molar-refractivity contribution in [3.63, 3.8) is 0 Å². The fourth-order valence-corrected chi connectivity index (χ4v) is 4.80. The number of rotatable bonds is 4. The summed E-state index contributed by atoms with van der Waals surface area (Å²) in [6.07, 6.45) is 3.59. The highest BCUT2D eigenvalue weighted by atomic mass is 19.1. The van der Waals surface area contributed by atoms with Gasteiger partial charge >= 0.3 is 0 Å². The first kappa shape index (κ1) is 17.5. The van der Waals surface area contributed by atoms with Crippen molar-refractivity contribution in [1.82, 2.24) is 4.90 Å². The number of aliphatic hydroxyl groups is 1. The second kappa shape index (κ2) is 6.67. The monoisotopic (exact) mass is 355 g/mol. The second-order valence-electron chi connectivity index (χ2n) is 7.82. The zero-order valence-electron chi connectivity index (χ0n) is 15.4. The quantitative estimate of drug-likeness (QED) is 0.894. The number of benzene rings is 2. The summed E-state index contributed by atoms with van der Waals surface area (Å²) in [6, 6.07) is 13.3. The molecule has 2 aromatic rings. The molecule has 2 aliphatic rings. The Kier molecular flexibility index (Phi) is 4.49. The number of halogens is 1. The highest BCUT2D eigenvalue weighted by Crippen LogP contribution is 2.46. The van der Waals surface area contributed by atoms with Crippen LogP contribution in [-0.4, -0.2) is 29.2 Å². The van der Waals surface area contributed by atoms with Crippen molar-refractivity contribution < 1.29 is 14.2 Å². The summed E-state index contributed by atoms with van der Waals surface area (Å²) >= 11 is 0. The van der Waals surface area contributed by atoms with Gasteiger partial charge in [-0.2, -0.15) is 0 Å². The first-order valence-corrected chi connectivity index (χ1v) is 9.36. The van der Waals surface area contributed by atoms with Crippen molar-refractivity contribution >= 4 is 0 Å². The molecule has 0 aliphatic carbocycles. The van der Waals surface area contributed by atoms with Crippen molar-refractivity contribution in [1.29, 1.82) is 0 Å². The maximum Gasteiger partial charge on any atom is 0.123 e. The van der Waals surface area contributed by atoms with E-state index in [0.717, 1.165) is 30.7 Å². The van der Waals surface area contributed by atoms with E-state index in [1.54, 1.807) is 19.2 Å². The molecule has 2 aromatic carbocycles. The van der Waals surface area contributed by atoms with Crippen LogP contribution in [0.2, 0.25) is 0 Å². The summed E-state index contributed by atoms with van der Waals surface area (Å²) in [5.41, 5.74) is 2.42. The minimum atomic E-state index is -0.854. The lowest BCUT2D eigenvalue weighted by atomic mass is 9.80. The Balaban J connectivity index is 1.56. The van der Waals surface area contributed by atoms with Crippen LogP contribution in [0.15, 0.2) is 42.5 Å². The lowest BCUT2D eigenvalue weighted by Crippen LogP contribution is -2.49. The first-order valence-electron chi connectivity index (χ1n) is 9.36. The third kappa shape index (κ3) is 3.12. The van der Waals surface area contributed by atoms with Gasteiger partial charge in [0.15, 0.2) is 0 Å². The molecule has 0 aromatic heterocycles. The van der Waals surface area contributed by atoms with Gasteiger partial charge in [-0.25, -0.2) is 4.39 Å². The van der Waals surface area contributed by atoms with Crippen molar-refractivity contribution in [3.05, 3.63) is 65.0 Å². The predicted molar refractivity (Wildman–Crippen MR) is 99.6 cm³/mol. The molecule has 3 nitrogen and oxygen atoms in total. The van der Waals surface area contributed by atoms with E-state index in [2.05, 4.69) is 24.0 Å². The molecule has 2 atom stereocenters. The summed E-state index contributed by atoms with van der Waals surface area (Å²) in [5.74, 6) is 0.665. The van der Waals surface area contributed by atoms with Gasteiger partial charge in [0.05, 0.1) is 12.7 Å². The van der Waals surface area contributed by atoms with Crippen molar-refractivity contribution in [3.8, 4) is 5.75 Å². The van der Waals surface area contributed by atoms with Gasteiger partial charge in [0.1, 0.15) is 11.6 Å². The average Bonchev–Trinajstić information content (AvgIpc) is 2.86. The van der Waals surface area contributed by atoms with Gasteiger partial charge in [-0.15, -0.1) is 0 Å². The Bertz CT molecular complexity index is 775. The number of aryl methyl sites for hydroxylation is 1. The SMILES string of the molecule is COc1ccc(C)cc1CN1[C@@H]2CC[C@@H]1CC(O)(c1ccc(F)cc1)C2. The molecule has 138 valence electrons. The summed E-state index contributed by atoms with van der Waals surface area (Å²) in [5, 5.41) is 11.3. The van der Waals surface area contributed by atoms with Gasteiger partial charge in [-0.1, -0.05) is 29.8 Å². The number of hydrogen-bond acceptors (Lipinski definition) is 3. The van der Waals surface area contributed by atoms with Gasteiger partial charge in [0.2, 0.25) is 0 Å². The lowest BCUT2D eigenvalue weighted by Gasteiger charge is -2.44. The molecular formula is C22H26FNO2. The van der Waals surface area contributed by atoms with Crippen LogP contribution in [0.5, 0.6) is 5.75 Å². The minimum absolute atomic E-state index is 0.260. The van der Waals surface area contributed by atoms with E-state index in [-0.39, 0.29) is 5.82 Å². The molecule has 0 unspecified atom stereocenters. The summed E-state index contributed by atoms with van der Waals surface area (Å²) in [7, 11) is 1.71. The highest BCUT2D eigenvalue weighted by Gasteiger charge is 2.48. The molecule has 0 saturated carbocycles. The molecule has 2 fully saturated rings. The molecule has 0 radical (unpaired) electrons. The van der Waals surface area contributed by atoms with E-state index in [4.69, 9.17) is 4.74 Å². The van der Waals surface area contributed by atoms with E-state index in [0.29, 0.717) is 24.9 Å². The zero-order valence-corrected chi connectivity index (χ0v) is 15.4. The standard InChI is InChI=1S/C22H26FNO2/c1-15-3-10-21(26-2)16(11-15)14-24-19-8-9-20(24)13-22(25,12-19)17-4-6-18(23)7-5-17/h3-7,10-11,19-20,25H,8-9,12-14H2,1-2H3/t19-,20-/m1/s1. The fourth-order valence-electron chi connectivity index (χ4n) is 4.80. The number of ether oxygens (including phenoxy) is 1. The molecule has 2 aliphatic heterocycles. The first-order chi connectivity index (χ1) is 12.5. The van der Waals surface area contributed by atoms with Crippen LogP contribution in [0.1, 0.15) is 42.4 Å². The van der Waals surface area contributed by atoms with Gasteiger partial charge < -0.3 is 9.84 Å². The van der Waals surface area contributed by atoms with E-state index in [1.165, 1.54) is 23.3 Å². The van der Waals surface area contributed by atoms with E-state index < -0.39 is 5.60 Å². The van der Waals surface area contributed by atoms with Crippen LogP contribution < -0.4 is 4.74 Å². The molecule has 26 heavy (non-hydrogen) atoms. The molecule has 4 rings (SSSR count). The van der Waals surface area contributed by atoms with Crippen molar-refractivity contribution in [2.45, 2.75) is 56.8 Å². The second-order valence-corrected chi connectivity index (χ2v) is 7.82. The van der Waals surface area contributed by atoms with Crippen LogP contribution >= 0.6 is 0 Å². The minimum Gasteiger partial charge on any atom is -0.496 e. The van der Waals surface area contributed by atoms with E-state index >= 15 is 0 Å². The van der Waals surface area contributed by atoms with Crippen molar-refractivity contribution in [2.24, 2.45) is 0 Å². The highest BCUT2D eigenvalue weighted by molar-refractivity contribution is 5.37. The van der Waals surface area contributed by atoms with Crippen LogP contribution in [-0.2, 0) is 12.1 Å². The molecule has 2 heterocycles. The van der Waals surface area contributed by atoms with Gasteiger partial charge in [0, 0.05) is 24.2 Å². The summed E-state index contributed by atoms with van der Waals surface area (Å²) in [6.45, 7) is 2.95. The summed E-state index contributed by atoms with van der Waals surface area (Å²) in [4.78, 5) is 2.52. The van der Waals surface area contributed by atoms with Crippen LogP contribution in [0.4, 0.5) is 4.39 Å².